The molecule has 164 valence electrons. The van der Waals surface area contributed by atoms with Gasteiger partial charge in [-0.05, 0) is 60.3 Å². The Kier molecular flexibility index (Phi) is 12.3. The van der Waals surface area contributed by atoms with Crippen LogP contribution in [0.3, 0.4) is 0 Å². The molecule has 0 aliphatic rings. The molecule has 0 rings (SSSR count). The van der Waals surface area contributed by atoms with Crippen LogP contribution in [0.5, 0.6) is 0 Å². The van der Waals surface area contributed by atoms with Crippen LogP contribution in [0.4, 0.5) is 0 Å². The van der Waals surface area contributed by atoms with Gasteiger partial charge in [-0.1, -0.05) is 40.5 Å². The van der Waals surface area contributed by atoms with Gasteiger partial charge in [-0.15, -0.1) is 0 Å². The summed E-state index contributed by atoms with van der Waals surface area (Å²) in [4.78, 5) is 11.5. The minimum absolute atomic E-state index is 0.0454. The highest BCUT2D eigenvalue weighted by molar-refractivity contribution is 4.83. The Morgan fingerprint density at radius 1 is 0.889 bits per heavy atom. The molecule has 2 unspecified atom stereocenters. The summed E-state index contributed by atoms with van der Waals surface area (Å²) in [6, 6.07) is 0. The van der Waals surface area contributed by atoms with Crippen LogP contribution in [0.2, 0.25) is 0 Å². The Hall–Kier alpha value is -0.200. The SMILES string of the molecule is CCCCCOOC(OC(C)CC)(OC(C)(C)C)C(C)(C)COCC(C)C. The molecule has 27 heavy (non-hydrogen) atoms. The van der Waals surface area contributed by atoms with Gasteiger partial charge in [0.2, 0.25) is 0 Å². The Labute approximate surface area is 168 Å². The van der Waals surface area contributed by atoms with Gasteiger partial charge in [-0.3, -0.25) is 0 Å². The molecule has 0 aliphatic carbocycles. The fourth-order valence-electron chi connectivity index (χ4n) is 2.39. The maximum absolute atomic E-state index is 6.38. The van der Waals surface area contributed by atoms with Crippen molar-refractivity contribution in [3.63, 3.8) is 0 Å². The van der Waals surface area contributed by atoms with Gasteiger partial charge < -0.3 is 14.2 Å². The predicted octanol–water partition coefficient (Wildman–Crippen LogP) is 6.11. The zero-order valence-electron chi connectivity index (χ0n) is 19.6. The van der Waals surface area contributed by atoms with Crippen molar-refractivity contribution in [2.24, 2.45) is 11.3 Å². The predicted molar refractivity (Wildman–Crippen MR) is 110 cm³/mol. The van der Waals surface area contributed by atoms with Crippen LogP contribution in [0, 0.1) is 11.3 Å². The van der Waals surface area contributed by atoms with Crippen LogP contribution in [0.15, 0.2) is 0 Å². The molecule has 0 saturated carbocycles. The van der Waals surface area contributed by atoms with Crippen molar-refractivity contribution in [1.29, 1.82) is 0 Å². The van der Waals surface area contributed by atoms with Crippen molar-refractivity contribution in [2.45, 2.75) is 113 Å². The van der Waals surface area contributed by atoms with Crippen LogP contribution >= 0.6 is 0 Å². The van der Waals surface area contributed by atoms with Gasteiger partial charge in [0.1, 0.15) is 0 Å². The van der Waals surface area contributed by atoms with E-state index in [2.05, 4.69) is 27.7 Å². The van der Waals surface area contributed by atoms with Crippen LogP contribution < -0.4 is 0 Å². The normalized spacial score (nSPS) is 16.6. The maximum atomic E-state index is 6.38. The maximum Gasteiger partial charge on any atom is 0.320 e. The van der Waals surface area contributed by atoms with E-state index in [0.717, 1.165) is 25.7 Å². The van der Waals surface area contributed by atoms with Crippen LogP contribution in [-0.4, -0.2) is 37.5 Å². The standard InChI is InChI=1S/C22H46O5/c1-11-13-14-15-24-27-22(25-19(5)12-2,26-20(6,7)8)21(9,10)17-23-16-18(3)4/h18-19H,11-17H2,1-10H3. The lowest BCUT2D eigenvalue weighted by Crippen LogP contribution is -2.58. The third kappa shape index (κ3) is 10.8. The summed E-state index contributed by atoms with van der Waals surface area (Å²) in [5.41, 5.74) is -1.06. The second-order valence-electron chi connectivity index (χ2n) is 9.51. The Balaban J connectivity index is 5.50. The molecule has 0 bridgehead atoms. The lowest BCUT2D eigenvalue weighted by Gasteiger charge is -2.47. The van der Waals surface area contributed by atoms with Gasteiger partial charge in [0.25, 0.3) is 0 Å². The number of rotatable bonds is 15. The van der Waals surface area contributed by atoms with Crippen LogP contribution in [-0.2, 0) is 24.0 Å². The molecule has 0 radical (unpaired) electrons. The highest BCUT2D eigenvalue weighted by Crippen LogP contribution is 2.41. The molecule has 0 aliphatic heterocycles. The lowest BCUT2D eigenvalue weighted by atomic mass is 9.90. The largest absolute Gasteiger partial charge is 0.380 e. The number of unbranched alkanes of at least 4 members (excludes halogenated alkanes) is 2. The summed E-state index contributed by atoms with van der Waals surface area (Å²) < 4.78 is 18.7. The van der Waals surface area contributed by atoms with Gasteiger partial charge in [0.15, 0.2) is 0 Å². The van der Waals surface area contributed by atoms with Gasteiger partial charge in [0.05, 0.1) is 30.3 Å². The molecule has 0 aromatic carbocycles. The molecule has 0 fully saturated rings. The van der Waals surface area contributed by atoms with Crippen molar-refractivity contribution in [3.8, 4) is 0 Å². The van der Waals surface area contributed by atoms with E-state index in [9.17, 15) is 0 Å². The summed E-state index contributed by atoms with van der Waals surface area (Å²) in [6.07, 6.45) is 3.97. The molecule has 0 spiro atoms. The first-order chi connectivity index (χ1) is 12.4. The summed E-state index contributed by atoms with van der Waals surface area (Å²) in [5.74, 6) is -0.899. The van der Waals surface area contributed by atoms with Crippen LogP contribution in [0.25, 0.3) is 0 Å². The van der Waals surface area contributed by atoms with E-state index in [-0.39, 0.29) is 6.10 Å². The van der Waals surface area contributed by atoms with E-state index in [4.69, 9.17) is 24.0 Å². The van der Waals surface area contributed by atoms with E-state index in [0.29, 0.717) is 25.7 Å². The first-order valence-corrected chi connectivity index (χ1v) is 10.7. The quantitative estimate of drug-likeness (QED) is 0.146. The third-order valence-corrected chi connectivity index (χ3v) is 4.11. The summed E-state index contributed by atoms with van der Waals surface area (Å²) >= 11 is 0. The van der Waals surface area contributed by atoms with Gasteiger partial charge in [-0.2, -0.15) is 4.89 Å². The fraction of sp³-hybridized carbons (Fsp3) is 1.00. The molecule has 0 aromatic heterocycles. The van der Waals surface area contributed by atoms with E-state index >= 15 is 0 Å². The molecule has 0 N–H and O–H groups in total. The second-order valence-corrected chi connectivity index (χ2v) is 9.51. The minimum atomic E-state index is -1.36. The number of hydrogen-bond donors (Lipinski definition) is 0. The molecule has 0 aromatic rings. The fourth-order valence-corrected chi connectivity index (χ4v) is 2.39. The average Bonchev–Trinajstić information content (AvgIpc) is 2.52. The molecule has 0 heterocycles. The average molecular weight is 391 g/mol. The summed E-state index contributed by atoms with van der Waals surface area (Å²) in [7, 11) is 0. The molecule has 5 nitrogen and oxygen atoms in total. The molecular formula is C22H46O5. The van der Waals surface area contributed by atoms with Crippen LogP contribution in [0.1, 0.15) is 94.9 Å². The minimum Gasteiger partial charge on any atom is -0.380 e. The van der Waals surface area contributed by atoms with E-state index in [1.165, 1.54) is 0 Å². The Morgan fingerprint density at radius 2 is 1.52 bits per heavy atom. The first kappa shape index (κ1) is 26.8. The Bertz CT molecular complexity index is 375. The molecular weight excluding hydrogens is 344 g/mol. The molecule has 2 atom stereocenters. The van der Waals surface area contributed by atoms with Gasteiger partial charge in [0, 0.05) is 6.61 Å². The number of ether oxygens (including phenoxy) is 3. The third-order valence-electron chi connectivity index (χ3n) is 4.11. The van der Waals surface area contributed by atoms with Gasteiger partial charge in [-0.25, -0.2) is 4.89 Å². The first-order valence-electron chi connectivity index (χ1n) is 10.7. The zero-order chi connectivity index (χ0) is 21.1. The van der Waals surface area contributed by atoms with Gasteiger partial charge >= 0.3 is 5.97 Å². The highest BCUT2D eigenvalue weighted by Gasteiger charge is 2.54. The van der Waals surface area contributed by atoms with Crippen molar-refractivity contribution in [1.82, 2.24) is 0 Å². The van der Waals surface area contributed by atoms with E-state index in [1.807, 2.05) is 41.5 Å². The summed E-state index contributed by atoms with van der Waals surface area (Å²) in [5, 5.41) is 0. The smallest absolute Gasteiger partial charge is 0.320 e. The van der Waals surface area contributed by atoms with Crippen molar-refractivity contribution in [3.05, 3.63) is 0 Å². The van der Waals surface area contributed by atoms with Crippen molar-refractivity contribution < 1.29 is 24.0 Å². The van der Waals surface area contributed by atoms with E-state index < -0.39 is 17.0 Å². The zero-order valence-corrected chi connectivity index (χ0v) is 19.6. The monoisotopic (exact) mass is 390 g/mol. The topological polar surface area (TPSA) is 46.2 Å². The second kappa shape index (κ2) is 12.4. The molecule has 0 amide bonds. The molecule has 0 saturated heterocycles. The van der Waals surface area contributed by atoms with E-state index in [1.54, 1.807) is 0 Å². The van der Waals surface area contributed by atoms with Crippen molar-refractivity contribution in [2.75, 3.05) is 19.8 Å². The lowest BCUT2D eigenvalue weighted by molar-refractivity contribution is -0.555. The summed E-state index contributed by atoms with van der Waals surface area (Å²) in [6.45, 7) is 22.2. The highest BCUT2D eigenvalue weighted by atomic mass is 17.3. The Morgan fingerprint density at radius 3 is 2.00 bits per heavy atom. The number of hydrogen-bond acceptors (Lipinski definition) is 5. The molecule has 5 heteroatoms. The van der Waals surface area contributed by atoms with Crippen molar-refractivity contribution >= 4 is 0 Å².